The molecular formula is C16H24BNO2. The number of rotatable bonds is 4. The van der Waals surface area contributed by atoms with Gasteiger partial charge in [-0.3, -0.25) is 4.98 Å². The lowest BCUT2D eigenvalue weighted by Crippen LogP contribution is -2.41. The summed E-state index contributed by atoms with van der Waals surface area (Å²) in [7, 11) is -0.308. The molecule has 0 amide bonds. The molecule has 0 N–H and O–H groups in total. The predicted molar refractivity (Wildman–Crippen MR) is 83.3 cm³/mol. The van der Waals surface area contributed by atoms with Crippen LogP contribution < -0.4 is 0 Å². The molecule has 0 spiro atoms. The van der Waals surface area contributed by atoms with Crippen molar-refractivity contribution in [1.29, 1.82) is 0 Å². The van der Waals surface area contributed by atoms with E-state index in [1.165, 1.54) is 5.56 Å². The molecule has 1 aromatic heterocycles. The molecule has 4 heteroatoms. The zero-order valence-corrected chi connectivity index (χ0v) is 13.1. The molecule has 0 aromatic carbocycles. The molecule has 1 fully saturated rings. The first-order valence-electron chi connectivity index (χ1n) is 7.33. The summed E-state index contributed by atoms with van der Waals surface area (Å²) in [5.74, 6) is 1.93. The number of aryl methyl sites for hydroxylation is 1. The topological polar surface area (TPSA) is 31.4 Å². The van der Waals surface area contributed by atoms with Crippen LogP contribution in [0.25, 0.3) is 6.08 Å². The van der Waals surface area contributed by atoms with Gasteiger partial charge in [0.05, 0.1) is 16.9 Å². The molecule has 3 nitrogen and oxygen atoms in total. The van der Waals surface area contributed by atoms with Gasteiger partial charge >= 0.3 is 7.12 Å². The van der Waals surface area contributed by atoms with E-state index in [9.17, 15) is 0 Å². The first-order chi connectivity index (χ1) is 9.34. The molecule has 0 atom stereocenters. The van der Waals surface area contributed by atoms with Crippen molar-refractivity contribution in [2.45, 2.75) is 58.7 Å². The lowest BCUT2D eigenvalue weighted by molar-refractivity contribution is 0.00578. The predicted octanol–water partition coefficient (Wildman–Crippen LogP) is 3.68. The molecule has 1 aliphatic rings. The van der Waals surface area contributed by atoms with Crippen LogP contribution in [0.15, 0.2) is 24.3 Å². The number of nitrogens with zero attached hydrogens (tertiary/aromatic N) is 1. The summed E-state index contributed by atoms with van der Waals surface area (Å²) in [6.07, 6.45) is 6.12. The largest absolute Gasteiger partial charge is 0.487 e. The lowest BCUT2D eigenvalue weighted by atomic mass is 9.89. The highest BCUT2D eigenvalue weighted by Gasteiger charge is 2.49. The average molecular weight is 273 g/mol. The summed E-state index contributed by atoms with van der Waals surface area (Å²) in [6, 6.07) is 4.16. The maximum atomic E-state index is 5.91. The van der Waals surface area contributed by atoms with Gasteiger partial charge in [0.1, 0.15) is 0 Å². The van der Waals surface area contributed by atoms with Gasteiger partial charge in [-0.05, 0) is 51.8 Å². The molecule has 108 valence electrons. The van der Waals surface area contributed by atoms with Gasteiger partial charge in [0.15, 0.2) is 0 Å². The molecular weight excluding hydrogens is 249 g/mol. The average Bonchev–Trinajstić information content (AvgIpc) is 2.57. The fourth-order valence-electron chi connectivity index (χ4n) is 2.12. The Bertz CT molecular complexity index is 464. The summed E-state index contributed by atoms with van der Waals surface area (Å²) < 4.78 is 11.8. The zero-order chi connectivity index (χ0) is 14.8. The van der Waals surface area contributed by atoms with Crippen LogP contribution in [-0.2, 0) is 15.7 Å². The monoisotopic (exact) mass is 273 g/mol. The molecule has 2 heterocycles. The van der Waals surface area contributed by atoms with E-state index in [1.54, 1.807) is 0 Å². The van der Waals surface area contributed by atoms with Gasteiger partial charge in [0, 0.05) is 6.20 Å². The summed E-state index contributed by atoms with van der Waals surface area (Å²) in [4.78, 5) is 4.43. The van der Waals surface area contributed by atoms with Gasteiger partial charge in [-0.15, -0.1) is 0 Å². The molecule has 0 unspecified atom stereocenters. The molecule has 20 heavy (non-hydrogen) atoms. The second-order valence-corrected chi connectivity index (χ2v) is 6.33. The minimum absolute atomic E-state index is 0.291. The van der Waals surface area contributed by atoms with Crippen LogP contribution in [0.5, 0.6) is 0 Å². The Kier molecular flexibility index (Phi) is 4.35. The third kappa shape index (κ3) is 3.30. The third-order valence-corrected chi connectivity index (χ3v) is 4.08. The Morgan fingerprint density at radius 3 is 2.30 bits per heavy atom. The van der Waals surface area contributed by atoms with Crippen LogP contribution in [-0.4, -0.2) is 23.3 Å². The summed E-state index contributed by atoms with van der Waals surface area (Å²) in [5.41, 5.74) is 1.63. The minimum Gasteiger partial charge on any atom is -0.400 e. The van der Waals surface area contributed by atoms with Crippen LogP contribution in [0.2, 0.25) is 0 Å². The zero-order valence-electron chi connectivity index (χ0n) is 13.1. The lowest BCUT2D eigenvalue weighted by Gasteiger charge is -2.32. The van der Waals surface area contributed by atoms with E-state index < -0.39 is 0 Å². The smallest absolute Gasteiger partial charge is 0.400 e. The second-order valence-electron chi connectivity index (χ2n) is 6.33. The van der Waals surface area contributed by atoms with E-state index in [0.29, 0.717) is 0 Å². The van der Waals surface area contributed by atoms with Crippen LogP contribution in [0.4, 0.5) is 0 Å². The van der Waals surface area contributed by atoms with Crippen molar-refractivity contribution in [1.82, 2.24) is 4.98 Å². The Morgan fingerprint density at radius 2 is 1.80 bits per heavy atom. The summed E-state index contributed by atoms with van der Waals surface area (Å²) in [5, 5.41) is 0. The normalized spacial score (nSPS) is 20.8. The summed E-state index contributed by atoms with van der Waals surface area (Å²) in [6.45, 7) is 10.4. The maximum absolute atomic E-state index is 5.91. The van der Waals surface area contributed by atoms with E-state index in [0.717, 1.165) is 18.5 Å². The van der Waals surface area contributed by atoms with Crippen molar-refractivity contribution in [3.8, 4) is 0 Å². The summed E-state index contributed by atoms with van der Waals surface area (Å²) >= 11 is 0. The van der Waals surface area contributed by atoms with E-state index in [1.807, 2.05) is 24.3 Å². The SMILES string of the molecule is CCCc1ccc(/C=C/B2OC(C)(C)C(C)(C)O2)nc1. The Morgan fingerprint density at radius 1 is 1.15 bits per heavy atom. The van der Waals surface area contributed by atoms with E-state index >= 15 is 0 Å². The maximum Gasteiger partial charge on any atom is 0.487 e. The first-order valence-corrected chi connectivity index (χ1v) is 7.33. The number of hydrogen-bond acceptors (Lipinski definition) is 3. The van der Waals surface area contributed by atoms with Crippen molar-refractivity contribution < 1.29 is 9.31 Å². The van der Waals surface area contributed by atoms with Crippen molar-refractivity contribution in [2.24, 2.45) is 0 Å². The quantitative estimate of drug-likeness (QED) is 0.784. The van der Waals surface area contributed by atoms with Gasteiger partial charge in [0.25, 0.3) is 0 Å². The van der Waals surface area contributed by atoms with Gasteiger partial charge in [0.2, 0.25) is 0 Å². The fraction of sp³-hybridized carbons (Fsp3) is 0.562. The molecule has 0 radical (unpaired) electrons. The van der Waals surface area contributed by atoms with Crippen LogP contribution in [0, 0.1) is 0 Å². The van der Waals surface area contributed by atoms with Gasteiger partial charge in [-0.25, -0.2) is 0 Å². The van der Waals surface area contributed by atoms with E-state index in [4.69, 9.17) is 9.31 Å². The molecule has 2 rings (SSSR count). The fourth-order valence-corrected chi connectivity index (χ4v) is 2.12. The molecule has 0 saturated carbocycles. The highest BCUT2D eigenvalue weighted by atomic mass is 16.7. The Labute approximate surface area is 122 Å². The Hall–Kier alpha value is -1.13. The molecule has 1 aromatic rings. The molecule has 0 bridgehead atoms. The van der Waals surface area contributed by atoms with Crippen LogP contribution >= 0.6 is 0 Å². The van der Waals surface area contributed by atoms with E-state index in [2.05, 4.69) is 45.7 Å². The van der Waals surface area contributed by atoms with Crippen LogP contribution in [0.1, 0.15) is 52.3 Å². The van der Waals surface area contributed by atoms with Crippen LogP contribution in [0.3, 0.4) is 0 Å². The first kappa shape index (κ1) is 15.3. The standard InChI is InChI=1S/C16H24BNO2/c1-6-7-13-8-9-14(18-12-13)10-11-17-19-15(2,3)16(4,5)20-17/h8-12H,6-7H2,1-5H3/b11-10+. The van der Waals surface area contributed by atoms with Gasteiger partial charge in [-0.1, -0.05) is 25.4 Å². The molecule has 1 aliphatic heterocycles. The van der Waals surface area contributed by atoms with Gasteiger partial charge < -0.3 is 9.31 Å². The minimum atomic E-state index is -0.308. The molecule has 0 aliphatic carbocycles. The highest BCUT2D eigenvalue weighted by molar-refractivity contribution is 6.52. The van der Waals surface area contributed by atoms with Crippen molar-refractivity contribution in [3.63, 3.8) is 0 Å². The third-order valence-electron chi connectivity index (χ3n) is 4.08. The second kappa shape index (κ2) is 5.70. The number of hydrogen-bond donors (Lipinski definition) is 0. The highest BCUT2D eigenvalue weighted by Crippen LogP contribution is 2.36. The number of pyridine rings is 1. The van der Waals surface area contributed by atoms with Crippen molar-refractivity contribution in [3.05, 3.63) is 35.6 Å². The van der Waals surface area contributed by atoms with E-state index in [-0.39, 0.29) is 18.3 Å². The van der Waals surface area contributed by atoms with Crippen molar-refractivity contribution in [2.75, 3.05) is 0 Å². The molecule has 1 saturated heterocycles. The Balaban J connectivity index is 2.00. The van der Waals surface area contributed by atoms with Gasteiger partial charge in [-0.2, -0.15) is 0 Å². The number of aromatic nitrogens is 1. The van der Waals surface area contributed by atoms with Crippen molar-refractivity contribution >= 4 is 13.2 Å².